The summed E-state index contributed by atoms with van der Waals surface area (Å²) >= 11 is 0. The highest BCUT2D eigenvalue weighted by Gasteiger charge is 2.43. The van der Waals surface area contributed by atoms with Crippen LogP contribution in [0.3, 0.4) is 0 Å². The molecule has 0 aliphatic carbocycles. The molecule has 20 heavy (non-hydrogen) atoms. The number of amides is 1. The number of aryl methyl sites for hydroxylation is 2. The summed E-state index contributed by atoms with van der Waals surface area (Å²) in [4.78, 5) is 25.1. The number of nitrogens with two attached hydrogens (primary N) is 1. The minimum atomic E-state index is -1.35. The van der Waals surface area contributed by atoms with Crippen molar-refractivity contribution in [1.82, 2.24) is 15.1 Å². The molecule has 1 aromatic rings. The van der Waals surface area contributed by atoms with Crippen LogP contribution in [0.15, 0.2) is 6.07 Å². The molecule has 2 rings (SSSR count). The number of nitrogens with zero attached hydrogens (tertiary/aromatic N) is 3. The van der Waals surface area contributed by atoms with Crippen LogP contribution >= 0.6 is 0 Å². The molecule has 1 amide bonds. The fraction of sp³-hybridized carbons (Fsp3) is 0.538. The summed E-state index contributed by atoms with van der Waals surface area (Å²) in [5.41, 5.74) is 6.19. The molecule has 1 saturated heterocycles. The number of likely N-dealkylation sites (tertiary alicyclic amines) is 1. The molecule has 0 radical (unpaired) electrons. The monoisotopic (exact) mass is 278 g/mol. The van der Waals surface area contributed by atoms with Gasteiger partial charge in [0, 0.05) is 13.1 Å². The summed E-state index contributed by atoms with van der Waals surface area (Å²) in [6.45, 7) is 4.01. The Labute approximate surface area is 116 Å². The molecular formula is C13H18N4O3. The van der Waals surface area contributed by atoms with Crippen LogP contribution in [0.1, 0.15) is 35.1 Å². The predicted octanol–water partition coefficient (Wildman–Crippen LogP) is -0.0246. The highest BCUT2D eigenvalue weighted by Crippen LogP contribution is 2.22. The first kappa shape index (κ1) is 14.4. The topological polar surface area (TPSA) is 109 Å². The summed E-state index contributed by atoms with van der Waals surface area (Å²) in [6.07, 6.45) is 0.849. The maximum atomic E-state index is 12.5. The van der Waals surface area contributed by atoms with Gasteiger partial charge in [0.2, 0.25) is 0 Å². The molecule has 108 valence electrons. The summed E-state index contributed by atoms with van der Waals surface area (Å²) in [5, 5.41) is 17.1. The van der Waals surface area contributed by atoms with Gasteiger partial charge in [-0.1, -0.05) is 6.92 Å². The smallest absolute Gasteiger partial charge is 0.325 e. The van der Waals surface area contributed by atoms with Crippen LogP contribution in [0.4, 0.5) is 0 Å². The van der Waals surface area contributed by atoms with Crippen LogP contribution in [-0.4, -0.2) is 50.7 Å². The third-order valence-corrected chi connectivity index (χ3v) is 3.57. The zero-order chi connectivity index (χ0) is 14.9. The molecule has 1 unspecified atom stereocenters. The first-order valence-corrected chi connectivity index (χ1v) is 6.52. The number of hydrogen-bond acceptors (Lipinski definition) is 5. The van der Waals surface area contributed by atoms with Gasteiger partial charge < -0.3 is 15.7 Å². The van der Waals surface area contributed by atoms with Gasteiger partial charge in [-0.25, -0.2) is 0 Å². The van der Waals surface area contributed by atoms with Crippen LogP contribution in [0.25, 0.3) is 0 Å². The van der Waals surface area contributed by atoms with E-state index in [-0.39, 0.29) is 18.9 Å². The Bertz CT molecular complexity index is 561. The van der Waals surface area contributed by atoms with Gasteiger partial charge in [-0.2, -0.15) is 10.2 Å². The Morgan fingerprint density at radius 3 is 2.75 bits per heavy atom. The lowest BCUT2D eigenvalue weighted by Crippen LogP contribution is -2.50. The Morgan fingerprint density at radius 2 is 2.20 bits per heavy atom. The molecule has 1 aliphatic heterocycles. The molecule has 7 heteroatoms. The minimum Gasteiger partial charge on any atom is -0.480 e. The van der Waals surface area contributed by atoms with Crippen molar-refractivity contribution in [1.29, 1.82) is 0 Å². The first-order valence-electron chi connectivity index (χ1n) is 6.52. The third kappa shape index (κ3) is 2.49. The van der Waals surface area contributed by atoms with Crippen molar-refractivity contribution in [2.45, 2.75) is 32.2 Å². The number of carbonyl (C=O) groups excluding carboxylic acids is 1. The van der Waals surface area contributed by atoms with Crippen LogP contribution in [0.2, 0.25) is 0 Å². The van der Waals surface area contributed by atoms with E-state index < -0.39 is 11.5 Å². The lowest BCUT2D eigenvalue weighted by molar-refractivity contribution is -0.142. The highest BCUT2D eigenvalue weighted by atomic mass is 16.4. The fourth-order valence-electron chi connectivity index (χ4n) is 2.31. The van der Waals surface area contributed by atoms with Crippen LogP contribution in [0.5, 0.6) is 0 Å². The van der Waals surface area contributed by atoms with E-state index in [9.17, 15) is 9.59 Å². The molecular weight excluding hydrogens is 260 g/mol. The van der Waals surface area contributed by atoms with Gasteiger partial charge in [-0.15, -0.1) is 0 Å². The SMILES string of the molecule is CCc1nnc(C)cc1C(=O)N1CCC(N)(C(=O)O)C1. The van der Waals surface area contributed by atoms with E-state index in [1.807, 2.05) is 6.92 Å². The molecule has 7 nitrogen and oxygen atoms in total. The molecule has 1 aromatic heterocycles. The average molecular weight is 278 g/mol. The van der Waals surface area contributed by atoms with Gasteiger partial charge in [0.1, 0.15) is 5.54 Å². The minimum absolute atomic E-state index is 0.0195. The van der Waals surface area contributed by atoms with Crippen molar-refractivity contribution >= 4 is 11.9 Å². The van der Waals surface area contributed by atoms with E-state index in [2.05, 4.69) is 10.2 Å². The third-order valence-electron chi connectivity index (χ3n) is 3.57. The van der Waals surface area contributed by atoms with Crippen molar-refractivity contribution < 1.29 is 14.7 Å². The summed E-state index contributed by atoms with van der Waals surface area (Å²) in [7, 11) is 0. The number of carbonyl (C=O) groups is 2. The molecule has 1 atom stereocenters. The second-order valence-corrected chi connectivity index (χ2v) is 5.14. The van der Waals surface area contributed by atoms with Crippen molar-refractivity contribution in [3.63, 3.8) is 0 Å². The summed E-state index contributed by atoms with van der Waals surface area (Å²) < 4.78 is 0. The van der Waals surface area contributed by atoms with Gasteiger partial charge >= 0.3 is 5.97 Å². The zero-order valence-corrected chi connectivity index (χ0v) is 11.6. The number of rotatable bonds is 3. The Balaban J connectivity index is 2.25. The maximum absolute atomic E-state index is 12.5. The lowest BCUT2D eigenvalue weighted by Gasteiger charge is -2.20. The number of hydrogen-bond donors (Lipinski definition) is 2. The largest absolute Gasteiger partial charge is 0.480 e. The van der Waals surface area contributed by atoms with Gasteiger partial charge in [-0.3, -0.25) is 9.59 Å². The molecule has 1 aliphatic rings. The normalized spacial score (nSPS) is 22.1. The molecule has 0 saturated carbocycles. The molecule has 0 spiro atoms. The van der Waals surface area contributed by atoms with Gasteiger partial charge in [0.15, 0.2) is 0 Å². The first-order chi connectivity index (χ1) is 9.37. The van der Waals surface area contributed by atoms with Gasteiger partial charge in [0.05, 0.1) is 17.0 Å². The number of carboxylic acid groups (broad SMARTS) is 1. The van der Waals surface area contributed by atoms with Crippen molar-refractivity contribution in [3.8, 4) is 0 Å². The van der Waals surface area contributed by atoms with E-state index in [0.717, 1.165) is 0 Å². The van der Waals surface area contributed by atoms with E-state index in [4.69, 9.17) is 10.8 Å². The fourth-order valence-corrected chi connectivity index (χ4v) is 2.31. The predicted molar refractivity (Wildman–Crippen MR) is 71.2 cm³/mol. The second kappa shape index (κ2) is 5.16. The molecule has 3 N–H and O–H groups in total. The van der Waals surface area contributed by atoms with Crippen molar-refractivity contribution in [2.24, 2.45) is 5.73 Å². The van der Waals surface area contributed by atoms with Crippen LogP contribution < -0.4 is 5.73 Å². The molecule has 0 aromatic carbocycles. The van der Waals surface area contributed by atoms with Crippen molar-refractivity contribution in [2.75, 3.05) is 13.1 Å². The quantitative estimate of drug-likeness (QED) is 0.804. The number of aliphatic carboxylic acids is 1. The van der Waals surface area contributed by atoms with Crippen LogP contribution in [-0.2, 0) is 11.2 Å². The highest BCUT2D eigenvalue weighted by molar-refractivity contribution is 5.96. The Kier molecular flexibility index (Phi) is 3.71. The maximum Gasteiger partial charge on any atom is 0.325 e. The number of aromatic nitrogens is 2. The zero-order valence-electron chi connectivity index (χ0n) is 11.6. The van der Waals surface area contributed by atoms with Crippen molar-refractivity contribution in [3.05, 3.63) is 23.0 Å². The Morgan fingerprint density at radius 1 is 1.50 bits per heavy atom. The van der Waals surface area contributed by atoms with E-state index in [0.29, 0.717) is 29.9 Å². The molecule has 0 bridgehead atoms. The van der Waals surface area contributed by atoms with E-state index in [1.54, 1.807) is 13.0 Å². The second-order valence-electron chi connectivity index (χ2n) is 5.14. The standard InChI is InChI=1S/C13H18N4O3/c1-3-10-9(6-8(2)15-16-10)11(18)17-5-4-13(14,7-17)12(19)20/h6H,3-5,7,14H2,1-2H3,(H,19,20). The summed E-state index contributed by atoms with van der Waals surface area (Å²) in [5.74, 6) is -1.30. The average Bonchev–Trinajstić information content (AvgIpc) is 2.82. The van der Waals surface area contributed by atoms with E-state index in [1.165, 1.54) is 4.90 Å². The molecule has 2 heterocycles. The van der Waals surface area contributed by atoms with E-state index >= 15 is 0 Å². The van der Waals surface area contributed by atoms with Crippen LogP contribution in [0, 0.1) is 6.92 Å². The van der Waals surface area contributed by atoms with Gasteiger partial charge in [-0.05, 0) is 25.8 Å². The lowest BCUT2D eigenvalue weighted by atomic mass is 10.0. The molecule has 1 fully saturated rings. The number of carboxylic acids is 1. The Hall–Kier alpha value is -2.02. The summed E-state index contributed by atoms with van der Waals surface area (Å²) in [6, 6.07) is 1.69. The van der Waals surface area contributed by atoms with Gasteiger partial charge in [0.25, 0.3) is 5.91 Å².